The van der Waals surface area contributed by atoms with Crippen molar-refractivity contribution in [2.45, 2.75) is 20.0 Å². The first kappa shape index (κ1) is 20.4. The van der Waals surface area contributed by atoms with E-state index >= 15 is 0 Å². The Morgan fingerprint density at radius 3 is 2.66 bits per heavy atom. The monoisotopic (exact) mass is 414 g/mol. The van der Waals surface area contributed by atoms with Crippen molar-refractivity contribution in [2.24, 2.45) is 0 Å². The predicted molar refractivity (Wildman–Crippen MR) is 107 cm³/mol. The third-order valence-corrected chi connectivity index (χ3v) is 4.18. The predicted octanol–water partition coefficient (Wildman–Crippen LogP) is 4.01. The summed E-state index contributed by atoms with van der Waals surface area (Å²) in [5.41, 5.74) is 1.11. The molecule has 0 bridgehead atoms. The number of carbonyl (C=O) groups excluding carboxylic acids is 1. The molecule has 0 unspecified atom stereocenters. The van der Waals surface area contributed by atoms with Crippen LogP contribution in [0, 0.1) is 0 Å². The fourth-order valence-electron chi connectivity index (χ4n) is 2.66. The summed E-state index contributed by atoms with van der Waals surface area (Å²) >= 11 is 6.19. The third kappa shape index (κ3) is 4.94. The lowest BCUT2D eigenvalue weighted by atomic mass is 10.0. The molecule has 0 saturated heterocycles. The Balaban J connectivity index is 1.96. The van der Waals surface area contributed by atoms with Gasteiger partial charge < -0.3 is 14.6 Å². The number of hydrogen-bond acceptors (Lipinski definition) is 5. The molecule has 1 aromatic heterocycles. The molecule has 3 rings (SSSR count). The summed E-state index contributed by atoms with van der Waals surface area (Å²) in [7, 11) is 0. The maximum absolute atomic E-state index is 13.1. The van der Waals surface area contributed by atoms with Crippen LogP contribution < -0.4 is 9.47 Å². The molecule has 0 atom stereocenters. The van der Waals surface area contributed by atoms with Gasteiger partial charge in [0.05, 0.1) is 34.1 Å². The van der Waals surface area contributed by atoms with E-state index in [1.807, 2.05) is 19.9 Å². The van der Waals surface area contributed by atoms with Gasteiger partial charge >= 0.3 is 5.97 Å². The normalized spacial score (nSPS) is 10.8. The standard InChI is InChI=1S/C21H19ClN2O5/c1-13(2)29-15-7-8-19(28-12-20(25)26)16(9-15)21(27)14-10-23-24(11-14)18-6-4-3-5-17(18)22/h3-11,13H,12H2,1-2H3,(H,25,26). The largest absolute Gasteiger partial charge is 0.491 e. The van der Waals surface area contributed by atoms with Crippen molar-refractivity contribution in [3.8, 4) is 17.2 Å². The fraction of sp³-hybridized carbons (Fsp3) is 0.190. The maximum atomic E-state index is 13.1. The summed E-state index contributed by atoms with van der Waals surface area (Å²) in [5, 5.41) is 13.6. The van der Waals surface area contributed by atoms with E-state index in [4.69, 9.17) is 26.2 Å². The topological polar surface area (TPSA) is 90.7 Å². The number of carboxylic acids is 1. The highest BCUT2D eigenvalue weighted by molar-refractivity contribution is 6.32. The van der Waals surface area contributed by atoms with Gasteiger partial charge in [-0.05, 0) is 44.2 Å². The summed E-state index contributed by atoms with van der Waals surface area (Å²) in [4.78, 5) is 24.0. The van der Waals surface area contributed by atoms with Gasteiger partial charge in [0.1, 0.15) is 11.5 Å². The summed E-state index contributed by atoms with van der Waals surface area (Å²) in [6, 6.07) is 11.8. The van der Waals surface area contributed by atoms with E-state index in [9.17, 15) is 9.59 Å². The molecule has 1 N–H and O–H groups in total. The second-order valence-electron chi connectivity index (χ2n) is 6.46. The molecule has 1 heterocycles. The zero-order chi connectivity index (χ0) is 21.0. The molecule has 2 aromatic carbocycles. The molecule has 7 nitrogen and oxygen atoms in total. The highest BCUT2D eigenvalue weighted by Gasteiger charge is 2.19. The zero-order valence-corrected chi connectivity index (χ0v) is 16.6. The Morgan fingerprint density at radius 1 is 1.21 bits per heavy atom. The van der Waals surface area contributed by atoms with Crippen molar-refractivity contribution in [1.29, 1.82) is 0 Å². The number of ketones is 1. The van der Waals surface area contributed by atoms with Gasteiger partial charge in [-0.1, -0.05) is 23.7 Å². The Morgan fingerprint density at radius 2 is 1.97 bits per heavy atom. The number of para-hydroxylation sites is 1. The quantitative estimate of drug-likeness (QED) is 0.560. The number of benzene rings is 2. The smallest absolute Gasteiger partial charge is 0.341 e. The molecular weight excluding hydrogens is 396 g/mol. The second-order valence-corrected chi connectivity index (χ2v) is 6.87. The van der Waals surface area contributed by atoms with Crippen molar-refractivity contribution in [3.63, 3.8) is 0 Å². The Bertz CT molecular complexity index is 1050. The number of halogens is 1. The lowest BCUT2D eigenvalue weighted by molar-refractivity contribution is -0.139. The number of ether oxygens (including phenoxy) is 2. The number of aliphatic carboxylic acids is 1. The average Bonchev–Trinajstić information content (AvgIpc) is 3.16. The maximum Gasteiger partial charge on any atom is 0.341 e. The second kappa shape index (κ2) is 8.79. The van der Waals surface area contributed by atoms with Gasteiger partial charge in [0.2, 0.25) is 0 Å². The minimum Gasteiger partial charge on any atom is -0.491 e. The molecule has 0 aliphatic carbocycles. The van der Waals surface area contributed by atoms with E-state index in [1.165, 1.54) is 23.0 Å². The van der Waals surface area contributed by atoms with Gasteiger partial charge in [-0.3, -0.25) is 4.79 Å². The van der Waals surface area contributed by atoms with Gasteiger partial charge in [-0.25, -0.2) is 9.48 Å². The molecule has 150 valence electrons. The van der Waals surface area contributed by atoms with Crippen LogP contribution in [0.2, 0.25) is 5.02 Å². The van der Waals surface area contributed by atoms with Crippen LogP contribution in [0.1, 0.15) is 29.8 Å². The zero-order valence-electron chi connectivity index (χ0n) is 15.8. The minimum absolute atomic E-state index is 0.0910. The summed E-state index contributed by atoms with van der Waals surface area (Å²) in [6.45, 7) is 3.16. The molecule has 0 fully saturated rings. The Hall–Kier alpha value is -3.32. The van der Waals surface area contributed by atoms with Crippen LogP contribution in [0.4, 0.5) is 0 Å². The van der Waals surface area contributed by atoms with Gasteiger partial charge in [0, 0.05) is 6.20 Å². The molecule has 0 aliphatic heterocycles. The van der Waals surface area contributed by atoms with Crippen LogP contribution >= 0.6 is 11.6 Å². The van der Waals surface area contributed by atoms with Crippen molar-refractivity contribution in [2.75, 3.05) is 6.61 Å². The molecular formula is C21H19ClN2O5. The first-order valence-electron chi connectivity index (χ1n) is 8.84. The number of carboxylic acid groups (broad SMARTS) is 1. The third-order valence-electron chi connectivity index (χ3n) is 3.86. The molecule has 0 spiro atoms. The lowest BCUT2D eigenvalue weighted by Crippen LogP contribution is -2.13. The van der Waals surface area contributed by atoms with Crippen molar-refractivity contribution in [1.82, 2.24) is 9.78 Å². The van der Waals surface area contributed by atoms with Crippen LogP contribution in [0.5, 0.6) is 11.5 Å². The van der Waals surface area contributed by atoms with Crippen LogP contribution in [-0.4, -0.2) is 39.4 Å². The van der Waals surface area contributed by atoms with Crippen molar-refractivity contribution in [3.05, 3.63) is 71.0 Å². The average molecular weight is 415 g/mol. The van der Waals surface area contributed by atoms with Crippen LogP contribution in [-0.2, 0) is 4.79 Å². The fourth-order valence-corrected chi connectivity index (χ4v) is 2.88. The Kier molecular flexibility index (Phi) is 6.19. The first-order valence-corrected chi connectivity index (χ1v) is 9.22. The summed E-state index contributed by atoms with van der Waals surface area (Å²) < 4.78 is 12.4. The van der Waals surface area contributed by atoms with E-state index in [-0.39, 0.29) is 23.2 Å². The first-order chi connectivity index (χ1) is 13.8. The van der Waals surface area contributed by atoms with Gasteiger partial charge in [0.25, 0.3) is 0 Å². The number of carbonyl (C=O) groups is 2. The molecule has 0 saturated carbocycles. The molecule has 8 heteroatoms. The lowest BCUT2D eigenvalue weighted by Gasteiger charge is -2.13. The number of aromatic nitrogens is 2. The summed E-state index contributed by atoms with van der Waals surface area (Å²) in [5.74, 6) is -0.890. The van der Waals surface area contributed by atoms with Gasteiger partial charge in [-0.2, -0.15) is 5.10 Å². The molecule has 0 radical (unpaired) electrons. The van der Waals surface area contributed by atoms with E-state index in [0.717, 1.165) is 0 Å². The molecule has 0 aliphatic rings. The van der Waals surface area contributed by atoms with Gasteiger partial charge in [0.15, 0.2) is 12.4 Å². The molecule has 0 amide bonds. The van der Waals surface area contributed by atoms with E-state index < -0.39 is 12.6 Å². The Labute approximate surface area is 172 Å². The molecule has 3 aromatic rings. The minimum atomic E-state index is -1.14. The number of hydrogen-bond donors (Lipinski definition) is 1. The number of nitrogens with zero attached hydrogens (tertiary/aromatic N) is 2. The SMILES string of the molecule is CC(C)Oc1ccc(OCC(=O)O)c(C(=O)c2cnn(-c3ccccc3Cl)c2)c1. The highest BCUT2D eigenvalue weighted by atomic mass is 35.5. The van der Waals surface area contributed by atoms with Crippen LogP contribution in [0.3, 0.4) is 0 Å². The summed E-state index contributed by atoms with van der Waals surface area (Å²) in [6.07, 6.45) is 2.88. The van der Waals surface area contributed by atoms with E-state index in [2.05, 4.69) is 5.10 Å². The van der Waals surface area contributed by atoms with Crippen molar-refractivity contribution < 1.29 is 24.2 Å². The van der Waals surface area contributed by atoms with Gasteiger partial charge in [-0.15, -0.1) is 0 Å². The van der Waals surface area contributed by atoms with Crippen LogP contribution in [0.25, 0.3) is 5.69 Å². The van der Waals surface area contributed by atoms with E-state index in [1.54, 1.807) is 30.5 Å². The van der Waals surface area contributed by atoms with Crippen LogP contribution in [0.15, 0.2) is 54.9 Å². The van der Waals surface area contributed by atoms with E-state index in [0.29, 0.717) is 22.0 Å². The van der Waals surface area contributed by atoms with Crippen molar-refractivity contribution >= 4 is 23.4 Å². The number of rotatable bonds is 8. The highest BCUT2D eigenvalue weighted by Crippen LogP contribution is 2.28. The molecule has 29 heavy (non-hydrogen) atoms.